The second kappa shape index (κ2) is 5.13. The van der Waals surface area contributed by atoms with Crippen molar-refractivity contribution >= 4 is 16.7 Å². The van der Waals surface area contributed by atoms with E-state index in [4.69, 9.17) is 4.74 Å². The average Bonchev–Trinajstić information content (AvgIpc) is 2.53. The van der Waals surface area contributed by atoms with E-state index in [0.29, 0.717) is 16.9 Å². The number of hydrogen-bond acceptors (Lipinski definition) is 3. The van der Waals surface area contributed by atoms with E-state index in [1.807, 2.05) is 36.4 Å². The molecule has 3 heteroatoms. The number of hydrogen-bond donors (Lipinski definition) is 0. The first kappa shape index (κ1) is 12.4. The van der Waals surface area contributed by atoms with Crippen molar-refractivity contribution in [2.24, 2.45) is 0 Å². The first-order valence-electron chi connectivity index (χ1n) is 6.31. The van der Waals surface area contributed by atoms with Gasteiger partial charge in [0.25, 0.3) is 0 Å². The van der Waals surface area contributed by atoms with Gasteiger partial charge in [0.15, 0.2) is 5.78 Å². The molecule has 0 N–H and O–H groups in total. The van der Waals surface area contributed by atoms with Crippen molar-refractivity contribution < 1.29 is 9.53 Å². The van der Waals surface area contributed by atoms with Gasteiger partial charge in [0.1, 0.15) is 5.75 Å². The number of aromatic nitrogens is 1. The molecule has 0 aliphatic rings. The van der Waals surface area contributed by atoms with Crippen molar-refractivity contribution in [3.05, 3.63) is 71.9 Å². The third-order valence-electron chi connectivity index (χ3n) is 3.20. The molecule has 0 saturated heterocycles. The third kappa shape index (κ3) is 2.26. The van der Waals surface area contributed by atoms with Crippen LogP contribution in [0, 0.1) is 0 Å². The molecule has 3 rings (SSSR count). The van der Waals surface area contributed by atoms with E-state index < -0.39 is 0 Å². The van der Waals surface area contributed by atoms with Crippen LogP contribution in [0.1, 0.15) is 15.9 Å². The number of nitrogens with zero attached hydrogens (tertiary/aromatic N) is 1. The zero-order valence-electron chi connectivity index (χ0n) is 11.0. The molecule has 0 bridgehead atoms. The van der Waals surface area contributed by atoms with Crippen LogP contribution in [0.15, 0.2) is 60.8 Å². The van der Waals surface area contributed by atoms with E-state index in [0.717, 1.165) is 10.9 Å². The van der Waals surface area contributed by atoms with E-state index in [2.05, 4.69) is 4.98 Å². The van der Waals surface area contributed by atoms with Gasteiger partial charge in [0.2, 0.25) is 0 Å². The minimum atomic E-state index is -0.0188. The summed E-state index contributed by atoms with van der Waals surface area (Å²) in [6.45, 7) is 0. The smallest absolute Gasteiger partial charge is 0.193 e. The Morgan fingerprint density at radius 2 is 1.85 bits per heavy atom. The van der Waals surface area contributed by atoms with Crippen LogP contribution in [0.2, 0.25) is 0 Å². The first-order valence-corrected chi connectivity index (χ1v) is 6.31. The summed E-state index contributed by atoms with van der Waals surface area (Å²) < 4.78 is 5.15. The minimum absolute atomic E-state index is 0.0188. The fourth-order valence-electron chi connectivity index (χ4n) is 2.15. The number of carbonyl (C=O) groups is 1. The summed E-state index contributed by atoms with van der Waals surface area (Å²) in [6, 6.07) is 16.5. The maximum atomic E-state index is 12.5. The van der Waals surface area contributed by atoms with E-state index in [9.17, 15) is 4.79 Å². The number of ether oxygens (including phenoxy) is 1. The molecule has 1 aromatic heterocycles. The number of fused-ring (bicyclic) bond motifs is 1. The fourth-order valence-corrected chi connectivity index (χ4v) is 2.15. The highest BCUT2D eigenvalue weighted by atomic mass is 16.5. The maximum Gasteiger partial charge on any atom is 0.193 e. The standard InChI is InChI=1S/C17H13NO2/c1-20-15-6-2-4-13(11-15)17(19)14-7-8-16-12(10-14)5-3-9-18-16/h2-11H,1H3. The van der Waals surface area contributed by atoms with Crippen LogP contribution in [0.25, 0.3) is 10.9 Å². The number of rotatable bonds is 3. The first-order chi connectivity index (χ1) is 9.78. The minimum Gasteiger partial charge on any atom is -0.497 e. The van der Waals surface area contributed by atoms with Crippen molar-refractivity contribution in [2.75, 3.05) is 7.11 Å². The molecule has 0 fully saturated rings. The van der Waals surface area contributed by atoms with Gasteiger partial charge >= 0.3 is 0 Å². The monoisotopic (exact) mass is 263 g/mol. The molecule has 0 aliphatic heterocycles. The van der Waals surface area contributed by atoms with Gasteiger partial charge in [-0.25, -0.2) is 0 Å². The van der Waals surface area contributed by atoms with Gasteiger partial charge < -0.3 is 4.74 Å². The van der Waals surface area contributed by atoms with Crippen LogP contribution in [0.5, 0.6) is 5.75 Å². The summed E-state index contributed by atoms with van der Waals surface area (Å²) in [7, 11) is 1.59. The Labute approximate surface area is 116 Å². The number of methoxy groups -OCH3 is 1. The highest BCUT2D eigenvalue weighted by Gasteiger charge is 2.10. The Bertz CT molecular complexity index is 781. The van der Waals surface area contributed by atoms with Crippen LogP contribution < -0.4 is 4.74 Å². The van der Waals surface area contributed by atoms with Gasteiger partial charge in [-0.2, -0.15) is 0 Å². The number of benzene rings is 2. The van der Waals surface area contributed by atoms with Gasteiger partial charge in [-0.1, -0.05) is 18.2 Å². The summed E-state index contributed by atoms with van der Waals surface area (Å²) in [6.07, 6.45) is 1.74. The predicted octanol–water partition coefficient (Wildman–Crippen LogP) is 3.47. The van der Waals surface area contributed by atoms with Crippen LogP contribution in [-0.2, 0) is 0 Å². The zero-order valence-corrected chi connectivity index (χ0v) is 11.0. The molecule has 0 saturated carbocycles. The van der Waals surface area contributed by atoms with Crippen LogP contribution in [-0.4, -0.2) is 17.9 Å². The van der Waals surface area contributed by atoms with Gasteiger partial charge in [0.05, 0.1) is 12.6 Å². The lowest BCUT2D eigenvalue weighted by Crippen LogP contribution is -2.01. The van der Waals surface area contributed by atoms with Crippen LogP contribution >= 0.6 is 0 Å². The third-order valence-corrected chi connectivity index (χ3v) is 3.20. The molecule has 20 heavy (non-hydrogen) atoms. The number of carbonyl (C=O) groups excluding carboxylic acids is 1. The number of pyridine rings is 1. The van der Waals surface area contributed by atoms with E-state index in [1.165, 1.54) is 0 Å². The van der Waals surface area contributed by atoms with Crippen molar-refractivity contribution in [2.45, 2.75) is 0 Å². The molecule has 0 spiro atoms. The van der Waals surface area contributed by atoms with E-state index >= 15 is 0 Å². The van der Waals surface area contributed by atoms with Crippen molar-refractivity contribution in [3.63, 3.8) is 0 Å². The van der Waals surface area contributed by atoms with E-state index in [-0.39, 0.29) is 5.78 Å². The lowest BCUT2D eigenvalue weighted by molar-refractivity contribution is 0.103. The summed E-state index contributed by atoms with van der Waals surface area (Å²) in [5.41, 5.74) is 2.15. The summed E-state index contributed by atoms with van der Waals surface area (Å²) in [4.78, 5) is 16.7. The van der Waals surface area contributed by atoms with E-state index in [1.54, 1.807) is 31.5 Å². The largest absolute Gasteiger partial charge is 0.497 e. The average molecular weight is 263 g/mol. The molecule has 0 radical (unpaired) electrons. The predicted molar refractivity (Wildman–Crippen MR) is 78.2 cm³/mol. The lowest BCUT2D eigenvalue weighted by atomic mass is 10.0. The molecule has 3 aromatic rings. The SMILES string of the molecule is COc1cccc(C(=O)c2ccc3ncccc3c2)c1. The summed E-state index contributed by atoms with van der Waals surface area (Å²) in [5.74, 6) is 0.660. The second-order valence-corrected chi connectivity index (χ2v) is 4.47. The van der Waals surface area contributed by atoms with Crippen molar-refractivity contribution in [3.8, 4) is 5.75 Å². The Kier molecular flexibility index (Phi) is 3.17. The Hall–Kier alpha value is -2.68. The summed E-state index contributed by atoms with van der Waals surface area (Å²) >= 11 is 0. The van der Waals surface area contributed by atoms with Crippen LogP contribution in [0.4, 0.5) is 0 Å². The van der Waals surface area contributed by atoms with Crippen LogP contribution in [0.3, 0.4) is 0 Å². The van der Waals surface area contributed by atoms with Gasteiger partial charge in [-0.05, 0) is 36.4 Å². The van der Waals surface area contributed by atoms with Crippen molar-refractivity contribution in [1.82, 2.24) is 4.98 Å². The normalized spacial score (nSPS) is 10.4. The van der Waals surface area contributed by atoms with Gasteiger partial charge in [-0.15, -0.1) is 0 Å². The molecule has 0 aliphatic carbocycles. The van der Waals surface area contributed by atoms with Crippen molar-refractivity contribution in [1.29, 1.82) is 0 Å². The Morgan fingerprint density at radius 1 is 1.00 bits per heavy atom. The molecular weight excluding hydrogens is 250 g/mol. The molecule has 3 nitrogen and oxygen atoms in total. The van der Waals surface area contributed by atoms with Gasteiger partial charge in [-0.3, -0.25) is 9.78 Å². The molecular formula is C17H13NO2. The lowest BCUT2D eigenvalue weighted by Gasteiger charge is -2.05. The second-order valence-electron chi connectivity index (χ2n) is 4.47. The molecule has 98 valence electrons. The molecule has 0 atom stereocenters. The highest BCUT2D eigenvalue weighted by molar-refractivity contribution is 6.10. The fraction of sp³-hybridized carbons (Fsp3) is 0.0588. The summed E-state index contributed by atoms with van der Waals surface area (Å²) in [5, 5.41) is 0.959. The Balaban J connectivity index is 2.03. The molecule has 0 unspecified atom stereocenters. The molecule has 0 amide bonds. The maximum absolute atomic E-state index is 12.5. The molecule has 1 heterocycles. The molecule has 2 aromatic carbocycles. The number of ketones is 1. The Morgan fingerprint density at radius 3 is 2.70 bits per heavy atom. The topological polar surface area (TPSA) is 39.2 Å². The highest BCUT2D eigenvalue weighted by Crippen LogP contribution is 2.19. The quantitative estimate of drug-likeness (QED) is 0.679. The zero-order chi connectivity index (χ0) is 13.9. The van der Waals surface area contributed by atoms with Gasteiger partial charge in [0, 0.05) is 22.7 Å².